The van der Waals surface area contributed by atoms with Gasteiger partial charge in [0.1, 0.15) is 12.0 Å². The normalized spacial score (nSPS) is 34.6. The van der Waals surface area contributed by atoms with E-state index >= 15 is 0 Å². The van der Waals surface area contributed by atoms with Crippen LogP contribution >= 0.6 is 0 Å². The highest BCUT2D eigenvalue weighted by atomic mass is 16.6. The average molecular weight is 307 g/mol. The maximum absolute atomic E-state index is 12.5. The average Bonchev–Trinajstić information content (AvgIpc) is 2.72. The highest BCUT2D eigenvalue weighted by molar-refractivity contribution is 6.11. The number of rotatable bonds is 2. The molecule has 0 aromatic heterocycles. The lowest BCUT2D eigenvalue weighted by atomic mass is 9.82. The minimum absolute atomic E-state index is 0.0251. The van der Waals surface area contributed by atoms with E-state index in [0.717, 1.165) is 4.90 Å². The van der Waals surface area contributed by atoms with E-state index < -0.39 is 52.5 Å². The van der Waals surface area contributed by atoms with Crippen molar-refractivity contribution in [3.05, 3.63) is 22.3 Å². The molecule has 2 saturated heterocycles. The highest BCUT2D eigenvalue weighted by Gasteiger charge is 2.58. The number of hydrogen-bond acceptors (Lipinski definition) is 6. The summed E-state index contributed by atoms with van der Waals surface area (Å²) in [6, 6.07) is -2.23. The molecule has 0 bridgehead atoms. The van der Waals surface area contributed by atoms with Crippen LogP contribution in [0.2, 0.25) is 0 Å². The van der Waals surface area contributed by atoms with E-state index in [9.17, 15) is 29.3 Å². The minimum atomic E-state index is -1.16. The third-order valence-corrected chi connectivity index (χ3v) is 4.36. The van der Waals surface area contributed by atoms with Crippen LogP contribution in [0, 0.1) is 22.0 Å². The summed E-state index contributed by atoms with van der Waals surface area (Å²) in [6.45, 7) is 0. The molecule has 1 N–H and O–H groups in total. The second kappa shape index (κ2) is 5.00. The smallest absolute Gasteiger partial charge is 0.249 e. The Balaban J connectivity index is 1.92. The van der Waals surface area contributed by atoms with E-state index in [1.807, 2.05) is 0 Å². The fraction of sp³-hybridized carbons (Fsp3) is 0.538. The standard InChI is InChI=1S/C13H13N3O6/c17-9-5-4-8(11(18)14-9)15-12(19)6-2-1-3-7(16(21)22)10(6)13(15)20/h1-2,6-8,10H,3-5H2,(H,14,17,18). The van der Waals surface area contributed by atoms with Crippen molar-refractivity contribution in [2.75, 3.05) is 0 Å². The van der Waals surface area contributed by atoms with Crippen molar-refractivity contribution in [3.8, 4) is 0 Å². The SMILES string of the molecule is O=C1CCC(N2C(=O)C3C=CCC([N+](=O)[O-])C3C2=O)C(=O)N1. The first-order chi connectivity index (χ1) is 10.4. The summed E-state index contributed by atoms with van der Waals surface area (Å²) in [5.74, 6) is -4.44. The van der Waals surface area contributed by atoms with Gasteiger partial charge >= 0.3 is 0 Å². The third-order valence-electron chi connectivity index (χ3n) is 4.36. The number of nitrogens with one attached hydrogen (secondary N) is 1. The molecule has 0 aromatic rings. The maximum atomic E-state index is 12.5. The fourth-order valence-corrected chi connectivity index (χ4v) is 3.31. The molecule has 0 radical (unpaired) electrons. The molecule has 1 aliphatic carbocycles. The Kier molecular flexibility index (Phi) is 3.27. The van der Waals surface area contributed by atoms with Crippen molar-refractivity contribution in [1.82, 2.24) is 10.2 Å². The zero-order chi connectivity index (χ0) is 16.0. The van der Waals surface area contributed by atoms with Crippen LogP contribution in [0.25, 0.3) is 0 Å². The van der Waals surface area contributed by atoms with E-state index in [2.05, 4.69) is 5.32 Å². The summed E-state index contributed by atoms with van der Waals surface area (Å²) in [7, 11) is 0. The molecule has 4 unspecified atom stereocenters. The van der Waals surface area contributed by atoms with Crippen LogP contribution in [-0.4, -0.2) is 45.5 Å². The number of likely N-dealkylation sites (tertiary alicyclic amines) is 1. The molecule has 0 aromatic carbocycles. The van der Waals surface area contributed by atoms with Gasteiger partial charge in [0.05, 0.1) is 5.92 Å². The Morgan fingerprint density at radius 3 is 2.59 bits per heavy atom. The van der Waals surface area contributed by atoms with Crippen LogP contribution in [0.1, 0.15) is 19.3 Å². The zero-order valence-corrected chi connectivity index (χ0v) is 11.4. The van der Waals surface area contributed by atoms with Gasteiger partial charge in [-0.2, -0.15) is 0 Å². The first kappa shape index (κ1) is 14.4. The zero-order valence-electron chi connectivity index (χ0n) is 11.4. The van der Waals surface area contributed by atoms with Gasteiger partial charge < -0.3 is 0 Å². The van der Waals surface area contributed by atoms with Gasteiger partial charge in [-0.25, -0.2) is 0 Å². The molecule has 116 valence electrons. The highest BCUT2D eigenvalue weighted by Crippen LogP contribution is 2.37. The minimum Gasteiger partial charge on any atom is -0.295 e. The van der Waals surface area contributed by atoms with Crippen LogP contribution in [0.4, 0.5) is 0 Å². The molecule has 4 atom stereocenters. The first-order valence-electron chi connectivity index (χ1n) is 6.92. The van der Waals surface area contributed by atoms with Gasteiger partial charge in [0, 0.05) is 17.8 Å². The van der Waals surface area contributed by atoms with E-state index in [4.69, 9.17) is 0 Å². The summed E-state index contributed by atoms with van der Waals surface area (Å²) in [6.07, 6.45) is 3.17. The molecule has 3 aliphatic rings. The topological polar surface area (TPSA) is 127 Å². The van der Waals surface area contributed by atoms with Crippen LogP contribution < -0.4 is 5.32 Å². The molecule has 9 heteroatoms. The molecule has 3 rings (SSSR count). The number of amides is 4. The summed E-state index contributed by atoms with van der Waals surface area (Å²) >= 11 is 0. The Hall–Kier alpha value is -2.58. The van der Waals surface area contributed by atoms with Crippen molar-refractivity contribution in [2.24, 2.45) is 11.8 Å². The molecule has 22 heavy (non-hydrogen) atoms. The molecule has 2 fully saturated rings. The number of piperidine rings is 1. The fourth-order valence-electron chi connectivity index (χ4n) is 3.31. The van der Waals surface area contributed by atoms with Crippen molar-refractivity contribution in [3.63, 3.8) is 0 Å². The number of fused-ring (bicyclic) bond motifs is 1. The lowest BCUT2D eigenvalue weighted by molar-refractivity contribution is -0.529. The lowest BCUT2D eigenvalue weighted by Gasteiger charge is -2.28. The van der Waals surface area contributed by atoms with Crippen LogP contribution in [0.15, 0.2) is 12.2 Å². The Morgan fingerprint density at radius 2 is 1.95 bits per heavy atom. The summed E-state index contributed by atoms with van der Waals surface area (Å²) in [4.78, 5) is 59.3. The second-order valence-electron chi connectivity index (χ2n) is 5.58. The van der Waals surface area contributed by atoms with E-state index in [1.165, 1.54) is 12.2 Å². The Labute approximate surface area is 124 Å². The summed E-state index contributed by atoms with van der Waals surface area (Å²) in [5, 5.41) is 13.2. The van der Waals surface area contributed by atoms with Gasteiger partial charge in [-0.15, -0.1) is 0 Å². The number of hydrogen-bond donors (Lipinski definition) is 1. The Bertz CT molecular complexity index is 627. The van der Waals surface area contributed by atoms with E-state index in [-0.39, 0.29) is 19.3 Å². The molecule has 9 nitrogen and oxygen atoms in total. The molecule has 0 saturated carbocycles. The van der Waals surface area contributed by atoms with E-state index in [1.54, 1.807) is 0 Å². The molecule has 4 amide bonds. The number of nitro groups is 1. The predicted molar refractivity (Wildman–Crippen MR) is 69.5 cm³/mol. The van der Waals surface area contributed by atoms with Crippen molar-refractivity contribution in [2.45, 2.75) is 31.3 Å². The molecule has 2 heterocycles. The van der Waals surface area contributed by atoms with Crippen molar-refractivity contribution < 1.29 is 24.1 Å². The number of carbonyl (C=O) groups is 4. The summed E-state index contributed by atoms with van der Waals surface area (Å²) in [5.41, 5.74) is 0. The number of nitrogens with zero attached hydrogens (tertiary/aromatic N) is 2. The Morgan fingerprint density at radius 1 is 1.23 bits per heavy atom. The molecular formula is C13H13N3O6. The van der Waals surface area contributed by atoms with Gasteiger partial charge in [-0.3, -0.25) is 39.5 Å². The maximum Gasteiger partial charge on any atom is 0.249 e. The van der Waals surface area contributed by atoms with Gasteiger partial charge in [-0.05, 0) is 6.42 Å². The van der Waals surface area contributed by atoms with Gasteiger partial charge in [0.25, 0.3) is 0 Å². The monoisotopic (exact) mass is 307 g/mol. The number of carbonyl (C=O) groups excluding carboxylic acids is 4. The second-order valence-corrected chi connectivity index (χ2v) is 5.58. The van der Waals surface area contributed by atoms with Crippen molar-refractivity contribution in [1.29, 1.82) is 0 Å². The number of imide groups is 2. The van der Waals surface area contributed by atoms with Gasteiger partial charge in [0.2, 0.25) is 29.7 Å². The van der Waals surface area contributed by atoms with Gasteiger partial charge in [-0.1, -0.05) is 12.2 Å². The van der Waals surface area contributed by atoms with Crippen LogP contribution in [0.5, 0.6) is 0 Å². The molecule has 0 spiro atoms. The van der Waals surface area contributed by atoms with Crippen molar-refractivity contribution >= 4 is 23.6 Å². The lowest BCUT2D eigenvalue weighted by Crippen LogP contribution is -2.54. The predicted octanol–water partition coefficient (Wildman–Crippen LogP) is -1.00. The third kappa shape index (κ3) is 2.00. The van der Waals surface area contributed by atoms with E-state index in [0.29, 0.717) is 0 Å². The van der Waals surface area contributed by atoms with Crippen LogP contribution in [0.3, 0.4) is 0 Å². The molecule has 2 aliphatic heterocycles. The summed E-state index contributed by atoms with van der Waals surface area (Å²) < 4.78 is 0. The van der Waals surface area contributed by atoms with Crippen LogP contribution in [-0.2, 0) is 19.2 Å². The van der Waals surface area contributed by atoms with Gasteiger partial charge in [0.15, 0.2) is 0 Å². The molecular weight excluding hydrogens is 294 g/mol. The largest absolute Gasteiger partial charge is 0.295 e. The first-order valence-corrected chi connectivity index (χ1v) is 6.92. The quantitative estimate of drug-likeness (QED) is 0.302.